The number of nitrogens with one attached hydrogen (secondary N) is 2. The Morgan fingerprint density at radius 1 is 1.03 bits per heavy atom. The Morgan fingerprint density at radius 2 is 1.86 bits per heavy atom. The van der Waals surface area contributed by atoms with Gasteiger partial charge in [0, 0.05) is 42.4 Å². The van der Waals surface area contributed by atoms with Crippen LogP contribution in [0.1, 0.15) is 5.56 Å². The molecule has 0 saturated carbocycles. The number of para-hydroxylation sites is 1. The molecule has 4 aromatic rings. The molecule has 29 heavy (non-hydrogen) atoms. The molecule has 2 aromatic carbocycles. The first-order valence-electron chi connectivity index (χ1n) is 9.85. The quantitative estimate of drug-likeness (QED) is 0.508. The first-order valence-corrected chi connectivity index (χ1v) is 10.3. The number of fused-ring (bicyclic) bond motifs is 2. The SMILES string of the molecule is O=c1c2cc(N3CCOCC3)ccc2[nH]c(=S)n1CCc1c[nH]c2ccccc12. The van der Waals surface area contributed by atoms with Gasteiger partial charge in [0.1, 0.15) is 0 Å². The van der Waals surface area contributed by atoms with E-state index in [2.05, 4.69) is 27.0 Å². The fraction of sp³-hybridized carbons (Fsp3) is 0.273. The highest BCUT2D eigenvalue weighted by atomic mass is 32.1. The van der Waals surface area contributed by atoms with Crippen LogP contribution in [0.4, 0.5) is 5.69 Å². The summed E-state index contributed by atoms with van der Waals surface area (Å²) in [7, 11) is 0. The van der Waals surface area contributed by atoms with Gasteiger partial charge in [0.25, 0.3) is 5.56 Å². The lowest BCUT2D eigenvalue weighted by molar-refractivity contribution is 0.122. The third kappa shape index (κ3) is 3.36. The van der Waals surface area contributed by atoms with Gasteiger partial charge in [0.05, 0.1) is 24.1 Å². The molecule has 1 saturated heterocycles. The average molecular weight is 407 g/mol. The number of anilines is 1. The van der Waals surface area contributed by atoms with Crippen LogP contribution in [0.3, 0.4) is 0 Å². The number of nitrogens with zero attached hydrogens (tertiary/aromatic N) is 2. The second-order valence-corrected chi connectivity index (χ2v) is 7.71. The van der Waals surface area contributed by atoms with Crippen molar-refractivity contribution in [3.63, 3.8) is 0 Å². The number of morpholine rings is 1. The van der Waals surface area contributed by atoms with Gasteiger partial charge in [-0.1, -0.05) is 18.2 Å². The molecule has 2 N–H and O–H groups in total. The van der Waals surface area contributed by atoms with Gasteiger partial charge in [-0.25, -0.2) is 0 Å². The van der Waals surface area contributed by atoms with E-state index in [1.165, 1.54) is 10.9 Å². The van der Waals surface area contributed by atoms with Gasteiger partial charge in [-0.05, 0) is 48.5 Å². The van der Waals surface area contributed by atoms with Crippen molar-refractivity contribution in [3.8, 4) is 0 Å². The first kappa shape index (κ1) is 18.1. The van der Waals surface area contributed by atoms with Crippen LogP contribution in [0.25, 0.3) is 21.8 Å². The van der Waals surface area contributed by atoms with Crippen LogP contribution in [-0.2, 0) is 17.7 Å². The summed E-state index contributed by atoms with van der Waals surface area (Å²) in [6, 6.07) is 14.1. The van der Waals surface area contributed by atoms with Gasteiger partial charge >= 0.3 is 0 Å². The lowest BCUT2D eigenvalue weighted by Gasteiger charge is -2.29. The molecule has 0 radical (unpaired) electrons. The number of aromatic nitrogens is 3. The van der Waals surface area contributed by atoms with E-state index in [0.717, 1.165) is 36.2 Å². The van der Waals surface area contributed by atoms with Gasteiger partial charge in [0.2, 0.25) is 0 Å². The van der Waals surface area contributed by atoms with E-state index in [9.17, 15) is 4.79 Å². The molecule has 6 nitrogen and oxygen atoms in total. The predicted octanol–water partition coefficient (Wildman–Crippen LogP) is 3.62. The highest BCUT2D eigenvalue weighted by Gasteiger charge is 2.14. The summed E-state index contributed by atoms with van der Waals surface area (Å²) in [5, 5.41) is 1.85. The summed E-state index contributed by atoms with van der Waals surface area (Å²) in [4.78, 5) is 22.0. The number of H-pyrrole nitrogens is 2. The van der Waals surface area contributed by atoms with E-state index >= 15 is 0 Å². The van der Waals surface area contributed by atoms with E-state index in [1.807, 2.05) is 36.5 Å². The van der Waals surface area contributed by atoms with Gasteiger partial charge in [-0.15, -0.1) is 0 Å². The standard InChI is InChI=1S/C22H22N4O2S/c27-21-18-13-16(25-9-11-28-12-10-25)5-6-20(18)24-22(29)26(21)8-7-15-14-23-19-4-2-1-3-17(15)19/h1-6,13-14,23H,7-12H2,(H,24,29). The van der Waals surface area contributed by atoms with Crippen molar-refractivity contribution in [2.45, 2.75) is 13.0 Å². The zero-order valence-electron chi connectivity index (χ0n) is 16.0. The van der Waals surface area contributed by atoms with Crippen molar-refractivity contribution in [1.29, 1.82) is 0 Å². The molecule has 0 unspecified atom stereocenters. The molecule has 1 aliphatic rings. The van der Waals surface area contributed by atoms with Crippen LogP contribution >= 0.6 is 12.2 Å². The van der Waals surface area contributed by atoms with E-state index in [-0.39, 0.29) is 5.56 Å². The first-order chi connectivity index (χ1) is 14.2. The van der Waals surface area contributed by atoms with Gasteiger partial charge in [-0.3, -0.25) is 9.36 Å². The molecule has 2 aromatic heterocycles. The smallest absolute Gasteiger partial charge is 0.262 e. The van der Waals surface area contributed by atoms with Gasteiger partial charge < -0.3 is 19.6 Å². The number of aromatic amines is 2. The third-order valence-electron chi connectivity index (χ3n) is 5.62. The van der Waals surface area contributed by atoms with E-state index in [4.69, 9.17) is 17.0 Å². The minimum absolute atomic E-state index is 0.0429. The highest BCUT2D eigenvalue weighted by molar-refractivity contribution is 7.71. The number of ether oxygens (including phenoxy) is 1. The Morgan fingerprint density at radius 3 is 2.72 bits per heavy atom. The lowest BCUT2D eigenvalue weighted by Crippen LogP contribution is -2.36. The van der Waals surface area contributed by atoms with Gasteiger partial charge in [-0.2, -0.15) is 0 Å². The number of hydrogen-bond donors (Lipinski definition) is 2. The monoisotopic (exact) mass is 406 g/mol. The second-order valence-electron chi connectivity index (χ2n) is 7.33. The molecule has 0 aliphatic carbocycles. The van der Waals surface area contributed by atoms with Crippen LogP contribution in [0.15, 0.2) is 53.5 Å². The fourth-order valence-corrected chi connectivity index (χ4v) is 4.31. The fourth-order valence-electron chi connectivity index (χ4n) is 4.03. The predicted molar refractivity (Wildman–Crippen MR) is 118 cm³/mol. The molecular weight excluding hydrogens is 384 g/mol. The van der Waals surface area contributed by atoms with E-state index in [1.54, 1.807) is 4.57 Å². The van der Waals surface area contributed by atoms with Crippen molar-refractivity contribution in [2.75, 3.05) is 31.2 Å². The summed E-state index contributed by atoms with van der Waals surface area (Å²) < 4.78 is 7.56. The summed E-state index contributed by atoms with van der Waals surface area (Å²) in [5.41, 5.74) is 4.07. The van der Waals surface area contributed by atoms with Crippen molar-refractivity contribution in [3.05, 3.63) is 69.3 Å². The van der Waals surface area contributed by atoms with E-state index in [0.29, 0.717) is 29.9 Å². The normalized spacial score (nSPS) is 14.7. The number of aryl methyl sites for hydroxylation is 1. The third-order valence-corrected chi connectivity index (χ3v) is 5.94. The summed E-state index contributed by atoms with van der Waals surface area (Å²) >= 11 is 5.49. The highest BCUT2D eigenvalue weighted by Crippen LogP contribution is 2.21. The van der Waals surface area contributed by atoms with Crippen molar-refractivity contribution in [1.82, 2.24) is 14.5 Å². The minimum Gasteiger partial charge on any atom is -0.378 e. The topological polar surface area (TPSA) is 66.0 Å². The molecule has 1 aliphatic heterocycles. The molecular formula is C22H22N4O2S. The van der Waals surface area contributed by atoms with Gasteiger partial charge in [0.15, 0.2) is 4.77 Å². The molecule has 5 rings (SSSR count). The summed E-state index contributed by atoms with van der Waals surface area (Å²) in [6.45, 7) is 3.63. The summed E-state index contributed by atoms with van der Waals surface area (Å²) in [5.74, 6) is 0. The van der Waals surface area contributed by atoms with E-state index < -0.39 is 0 Å². The number of benzene rings is 2. The maximum Gasteiger partial charge on any atom is 0.262 e. The molecule has 0 amide bonds. The number of hydrogen-bond acceptors (Lipinski definition) is 4. The minimum atomic E-state index is -0.0429. The van der Waals surface area contributed by atoms with Crippen molar-refractivity contribution >= 4 is 39.7 Å². The average Bonchev–Trinajstić information content (AvgIpc) is 3.17. The Balaban J connectivity index is 1.49. The molecule has 1 fully saturated rings. The second kappa shape index (κ2) is 7.50. The van der Waals surface area contributed by atoms with Crippen molar-refractivity contribution in [2.24, 2.45) is 0 Å². The Bertz CT molecular complexity index is 1300. The largest absolute Gasteiger partial charge is 0.378 e. The Kier molecular flexibility index (Phi) is 4.69. The molecule has 0 spiro atoms. The van der Waals surface area contributed by atoms with Crippen LogP contribution in [0, 0.1) is 4.77 Å². The van der Waals surface area contributed by atoms with Crippen LogP contribution in [0.5, 0.6) is 0 Å². The summed E-state index contributed by atoms with van der Waals surface area (Å²) in [6.07, 6.45) is 2.75. The zero-order chi connectivity index (χ0) is 19.8. The Labute approximate surface area is 172 Å². The molecule has 3 heterocycles. The van der Waals surface area contributed by atoms with Crippen LogP contribution in [-0.4, -0.2) is 40.8 Å². The lowest BCUT2D eigenvalue weighted by atomic mass is 10.1. The maximum atomic E-state index is 13.2. The molecule has 148 valence electrons. The van der Waals surface area contributed by atoms with Crippen molar-refractivity contribution < 1.29 is 4.74 Å². The molecule has 0 atom stereocenters. The molecule has 0 bridgehead atoms. The zero-order valence-corrected chi connectivity index (χ0v) is 16.8. The maximum absolute atomic E-state index is 13.2. The molecule has 7 heteroatoms. The Hall–Kier alpha value is -2.90. The van der Waals surface area contributed by atoms with Crippen LogP contribution in [0.2, 0.25) is 0 Å². The van der Waals surface area contributed by atoms with Crippen LogP contribution < -0.4 is 10.5 Å². The number of rotatable bonds is 4.